The third-order valence-corrected chi connectivity index (χ3v) is 2.40. The normalized spacial score (nSPS) is 15.9. The summed E-state index contributed by atoms with van der Waals surface area (Å²) in [6.45, 7) is 0. The second kappa shape index (κ2) is 5.03. The van der Waals surface area contributed by atoms with Gasteiger partial charge in [0, 0.05) is 11.4 Å². The molecule has 0 unspecified atom stereocenters. The summed E-state index contributed by atoms with van der Waals surface area (Å²) in [5.74, 6) is 0. The maximum atomic E-state index is 12.1. The van der Waals surface area contributed by atoms with Gasteiger partial charge in [0.1, 0.15) is 6.04 Å². The van der Waals surface area contributed by atoms with E-state index < -0.39 is 24.7 Å². The molecule has 0 spiro atoms. The van der Waals surface area contributed by atoms with Crippen LogP contribution in [0.5, 0.6) is 0 Å². The average Bonchev–Trinajstić information content (AvgIpc) is 2.17. The van der Waals surface area contributed by atoms with E-state index in [0.29, 0.717) is 10.6 Å². The number of aliphatic hydroxyl groups excluding tert-OH is 1. The van der Waals surface area contributed by atoms with Crippen molar-refractivity contribution >= 4 is 11.6 Å². The fourth-order valence-corrected chi connectivity index (χ4v) is 1.32. The van der Waals surface area contributed by atoms with Gasteiger partial charge in [0.2, 0.25) is 0 Å². The second-order valence-corrected chi connectivity index (χ2v) is 3.89. The number of hydrogen-bond donors (Lipinski definition) is 2. The van der Waals surface area contributed by atoms with Gasteiger partial charge in [-0.25, -0.2) is 0 Å². The zero-order valence-electron chi connectivity index (χ0n) is 8.21. The van der Waals surface area contributed by atoms with Crippen molar-refractivity contribution in [3.63, 3.8) is 0 Å². The van der Waals surface area contributed by atoms with Crippen molar-refractivity contribution in [3.8, 4) is 0 Å². The molecule has 1 rings (SSSR count). The topological polar surface area (TPSA) is 46.2 Å². The zero-order valence-corrected chi connectivity index (χ0v) is 8.96. The summed E-state index contributed by atoms with van der Waals surface area (Å²) < 4.78 is 36.4. The Kier molecular flexibility index (Phi) is 4.18. The molecule has 0 heterocycles. The number of rotatable bonds is 3. The number of aliphatic hydroxyl groups is 1. The first-order valence-corrected chi connectivity index (χ1v) is 4.94. The summed E-state index contributed by atoms with van der Waals surface area (Å²) in [5.41, 5.74) is 5.27. The van der Waals surface area contributed by atoms with Gasteiger partial charge < -0.3 is 10.8 Å². The quantitative estimate of drug-likeness (QED) is 0.870. The summed E-state index contributed by atoms with van der Waals surface area (Å²) in [6.07, 6.45) is -6.30. The van der Waals surface area contributed by atoms with E-state index in [2.05, 4.69) is 0 Å². The smallest absolute Gasteiger partial charge is 0.388 e. The number of nitrogens with two attached hydrogens (primary N) is 1. The maximum absolute atomic E-state index is 12.1. The Morgan fingerprint density at radius 2 is 1.75 bits per heavy atom. The highest BCUT2D eigenvalue weighted by molar-refractivity contribution is 6.30. The Morgan fingerprint density at radius 1 is 1.25 bits per heavy atom. The van der Waals surface area contributed by atoms with Crippen molar-refractivity contribution in [2.24, 2.45) is 5.73 Å². The lowest BCUT2D eigenvalue weighted by molar-refractivity contribution is -0.153. The first kappa shape index (κ1) is 13.3. The second-order valence-electron chi connectivity index (χ2n) is 3.45. The fraction of sp³-hybridized carbons (Fsp3) is 0.400. The van der Waals surface area contributed by atoms with E-state index in [9.17, 15) is 18.3 Å². The highest BCUT2D eigenvalue weighted by atomic mass is 35.5. The Hall–Kier alpha value is -0.780. The van der Waals surface area contributed by atoms with Crippen LogP contribution in [0.1, 0.15) is 18.1 Å². The molecule has 1 aromatic rings. The van der Waals surface area contributed by atoms with Crippen LogP contribution in [0.15, 0.2) is 24.3 Å². The van der Waals surface area contributed by atoms with Crippen molar-refractivity contribution in [2.75, 3.05) is 0 Å². The van der Waals surface area contributed by atoms with Crippen LogP contribution in [-0.4, -0.2) is 17.3 Å². The van der Waals surface area contributed by atoms with Gasteiger partial charge in [0.25, 0.3) is 0 Å². The Labute approximate surface area is 95.8 Å². The lowest BCUT2D eigenvalue weighted by Crippen LogP contribution is -2.38. The van der Waals surface area contributed by atoms with Gasteiger partial charge in [-0.15, -0.1) is 0 Å². The molecule has 3 N–H and O–H groups in total. The SMILES string of the molecule is N[C@H](C[C@H](O)c1ccc(Cl)cc1)C(F)(F)F. The van der Waals surface area contributed by atoms with E-state index in [1.54, 1.807) is 0 Å². The first-order valence-electron chi connectivity index (χ1n) is 4.56. The largest absolute Gasteiger partial charge is 0.403 e. The van der Waals surface area contributed by atoms with Crippen LogP contribution in [0.3, 0.4) is 0 Å². The molecule has 0 aliphatic heterocycles. The molecule has 0 aliphatic carbocycles. The van der Waals surface area contributed by atoms with Crippen molar-refractivity contribution in [3.05, 3.63) is 34.9 Å². The zero-order chi connectivity index (χ0) is 12.3. The molecule has 90 valence electrons. The molecule has 6 heteroatoms. The van der Waals surface area contributed by atoms with E-state index in [1.165, 1.54) is 24.3 Å². The van der Waals surface area contributed by atoms with Crippen molar-refractivity contribution in [2.45, 2.75) is 24.7 Å². The highest BCUT2D eigenvalue weighted by Crippen LogP contribution is 2.27. The molecule has 1 aromatic carbocycles. The van der Waals surface area contributed by atoms with Gasteiger partial charge in [-0.05, 0) is 17.7 Å². The predicted molar refractivity (Wildman–Crippen MR) is 55.1 cm³/mol. The van der Waals surface area contributed by atoms with Gasteiger partial charge in [-0.3, -0.25) is 0 Å². The van der Waals surface area contributed by atoms with Crippen LogP contribution in [0.4, 0.5) is 13.2 Å². The van der Waals surface area contributed by atoms with Crippen LogP contribution in [0.25, 0.3) is 0 Å². The summed E-state index contributed by atoms with van der Waals surface area (Å²) in [7, 11) is 0. The van der Waals surface area contributed by atoms with Crippen LogP contribution in [0.2, 0.25) is 5.02 Å². The number of benzene rings is 1. The third kappa shape index (κ3) is 3.66. The van der Waals surface area contributed by atoms with Crippen molar-refractivity contribution in [1.29, 1.82) is 0 Å². The highest BCUT2D eigenvalue weighted by Gasteiger charge is 2.37. The third-order valence-electron chi connectivity index (χ3n) is 2.15. The van der Waals surface area contributed by atoms with E-state index in [0.717, 1.165) is 0 Å². The Morgan fingerprint density at radius 3 is 2.19 bits per heavy atom. The number of halogens is 4. The van der Waals surface area contributed by atoms with Gasteiger partial charge in [0.15, 0.2) is 0 Å². The standard InChI is InChI=1S/C10H11ClF3NO/c11-7-3-1-6(2-4-7)8(16)5-9(15)10(12,13)14/h1-4,8-9,16H,5,15H2/t8-,9+/m0/s1. The summed E-state index contributed by atoms with van der Waals surface area (Å²) in [4.78, 5) is 0. The molecule has 0 saturated carbocycles. The van der Waals surface area contributed by atoms with E-state index >= 15 is 0 Å². The average molecular weight is 254 g/mol. The predicted octanol–water partition coefficient (Wildman–Crippen LogP) is 2.65. The molecule has 0 aliphatic rings. The fourth-order valence-electron chi connectivity index (χ4n) is 1.20. The molecule has 2 nitrogen and oxygen atoms in total. The molecule has 0 saturated heterocycles. The van der Waals surface area contributed by atoms with Crippen molar-refractivity contribution in [1.82, 2.24) is 0 Å². The minimum Gasteiger partial charge on any atom is -0.388 e. The van der Waals surface area contributed by atoms with Gasteiger partial charge in [-0.1, -0.05) is 23.7 Å². The van der Waals surface area contributed by atoms with Gasteiger partial charge >= 0.3 is 6.18 Å². The minimum absolute atomic E-state index is 0.365. The molecule has 0 amide bonds. The van der Waals surface area contributed by atoms with Gasteiger partial charge in [-0.2, -0.15) is 13.2 Å². The lowest BCUT2D eigenvalue weighted by atomic mass is 10.0. The van der Waals surface area contributed by atoms with Crippen LogP contribution in [0, 0.1) is 0 Å². The summed E-state index contributed by atoms with van der Waals surface area (Å²) >= 11 is 5.61. The monoisotopic (exact) mass is 253 g/mol. The van der Waals surface area contributed by atoms with Crippen LogP contribution < -0.4 is 5.73 Å². The van der Waals surface area contributed by atoms with Crippen molar-refractivity contribution < 1.29 is 18.3 Å². The number of hydrogen-bond acceptors (Lipinski definition) is 2. The van der Waals surface area contributed by atoms with Crippen LogP contribution in [-0.2, 0) is 0 Å². The molecule has 16 heavy (non-hydrogen) atoms. The molecule has 0 radical (unpaired) electrons. The van der Waals surface area contributed by atoms with E-state index in [1.807, 2.05) is 0 Å². The molecule has 0 aromatic heterocycles. The van der Waals surface area contributed by atoms with Gasteiger partial charge in [0.05, 0.1) is 6.10 Å². The van der Waals surface area contributed by atoms with E-state index in [-0.39, 0.29) is 0 Å². The molecule has 2 atom stereocenters. The Balaban J connectivity index is 2.65. The molecule has 0 bridgehead atoms. The summed E-state index contributed by atoms with van der Waals surface area (Å²) in [5, 5.41) is 9.98. The lowest BCUT2D eigenvalue weighted by Gasteiger charge is -2.19. The summed E-state index contributed by atoms with van der Waals surface area (Å²) in [6, 6.07) is 3.91. The Bertz CT molecular complexity index is 339. The van der Waals surface area contributed by atoms with E-state index in [4.69, 9.17) is 17.3 Å². The minimum atomic E-state index is -4.49. The first-order chi connectivity index (χ1) is 7.30. The maximum Gasteiger partial charge on any atom is 0.403 e. The number of alkyl halides is 3. The van der Waals surface area contributed by atoms with Crippen LogP contribution >= 0.6 is 11.6 Å². The molecule has 0 fully saturated rings. The molecular weight excluding hydrogens is 243 g/mol. The molecular formula is C10H11ClF3NO.